The van der Waals surface area contributed by atoms with Gasteiger partial charge >= 0.3 is 0 Å². The van der Waals surface area contributed by atoms with E-state index in [-0.39, 0.29) is 18.2 Å². The van der Waals surface area contributed by atoms with Crippen molar-refractivity contribution in [1.29, 1.82) is 0 Å². The Balaban J connectivity index is 0.00000225. The molecule has 2 nitrogen and oxygen atoms in total. The summed E-state index contributed by atoms with van der Waals surface area (Å²) >= 11 is 0. The predicted octanol–water partition coefficient (Wildman–Crippen LogP) is 5.21. The maximum Gasteiger partial charge on any atom is 0.123 e. The molecule has 0 saturated carbocycles. The topological polar surface area (TPSA) is 6.48 Å². The molecule has 1 fully saturated rings. The highest BCUT2D eigenvalue weighted by Gasteiger charge is 2.32. The molecule has 0 spiro atoms. The normalized spacial score (nSPS) is 20.6. The Morgan fingerprint density at radius 1 is 1.00 bits per heavy atom. The highest BCUT2D eigenvalue weighted by atomic mass is 35.5. The molecule has 0 bridgehead atoms. The van der Waals surface area contributed by atoms with E-state index < -0.39 is 0 Å². The average Bonchev–Trinajstić information content (AvgIpc) is 2.61. The molecule has 2 heterocycles. The number of rotatable bonds is 8. The molecule has 2 aliphatic heterocycles. The fourth-order valence-electron chi connectivity index (χ4n) is 4.30. The van der Waals surface area contributed by atoms with Crippen molar-refractivity contribution in [2.24, 2.45) is 0 Å². The van der Waals surface area contributed by atoms with E-state index in [9.17, 15) is 4.39 Å². The second-order valence-electron chi connectivity index (χ2n) is 7.57. The van der Waals surface area contributed by atoms with Gasteiger partial charge in [0.05, 0.1) is 0 Å². The summed E-state index contributed by atoms with van der Waals surface area (Å²) in [5, 5.41) is 0. The molecule has 0 radical (unpaired) electrons. The van der Waals surface area contributed by atoms with Crippen molar-refractivity contribution >= 4 is 12.4 Å². The lowest BCUT2D eigenvalue weighted by Crippen LogP contribution is -2.51. The molecule has 1 saturated heterocycles. The van der Waals surface area contributed by atoms with Gasteiger partial charge in [0.15, 0.2) is 0 Å². The van der Waals surface area contributed by atoms with Crippen molar-refractivity contribution in [3.8, 4) is 0 Å². The molecule has 0 aromatic heterocycles. The second-order valence-corrected chi connectivity index (χ2v) is 7.57. The third-order valence-electron chi connectivity index (χ3n) is 5.79. The number of benzene rings is 1. The number of fused-ring (bicyclic) bond motifs is 3. The average molecular weight is 369 g/mol. The number of hydrogen-bond acceptors (Lipinski definition) is 2. The van der Waals surface area contributed by atoms with Crippen LogP contribution in [0.5, 0.6) is 0 Å². The summed E-state index contributed by atoms with van der Waals surface area (Å²) in [5.41, 5.74) is 2.60. The van der Waals surface area contributed by atoms with Crippen molar-refractivity contribution in [3.63, 3.8) is 0 Å². The minimum atomic E-state index is -0.0835. The third kappa shape index (κ3) is 5.67. The minimum Gasteiger partial charge on any atom is -0.300 e. The van der Waals surface area contributed by atoms with Gasteiger partial charge in [-0.15, -0.1) is 12.4 Å². The highest BCUT2D eigenvalue weighted by Crippen LogP contribution is 2.33. The first-order valence-electron chi connectivity index (χ1n) is 10.0. The molecule has 4 heteroatoms. The Kier molecular flexibility index (Phi) is 8.68. The number of nitrogens with zero attached hydrogens (tertiary/aromatic N) is 2. The molecule has 0 N–H and O–H groups in total. The largest absolute Gasteiger partial charge is 0.300 e. The fraction of sp³-hybridized carbons (Fsp3) is 0.714. The Labute approximate surface area is 159 Å². The number of unbranched alkanes of at least 4 members (excludes halogenated alkanes) is 6. The van der Waals surface area contributed by atoms with Crippen LogP contribution in [0, 0.1) is 5.82 Å². The Bertz CT molecular complexity index is 523. The molecular formula is C21H34ClFN2. The maximum atomic E-state index is 13.7. The van der Waals surface area contributed by atoms with Gasteiger partial charge in [-0.2, -0.15) is 0 Å². The standard InChI is InChI=1S/C21H33FN2.ClH/c1-2-3-4-5-6-7-8-12-23-14-15-24-13-11-18-9-10-19(22)16-20(18)21(24)17-23;/h9-10,16,21H,2-8,11-15,17H2,1H3;1H. The Morgan fingerprint density at radius 2 is 1.76 bits per heavy atom. The molecule has 1 aromatic rings. The van der Waals surface area contributed by atoms with Crippen molar-refractivity contribution in [2.75, 3.05) is 32.7 Å². The summed E-state index contributed by atoms with van der Waals surface area (Å²) in [7, 11) is 0. The van der Waals surface area contributed by atoms with Crippen LogP contribution in [0.1, 0.15) is 69.0 Å². The van der Waals surface area contributed by atoms with E-state index in [1.165, 1.54) is 69.2 Å². The SMILES string of the molecule is CCCCCCCCCN1CCN2CCc3ccc(F)cc3C2C1.Cl. The van der Waals surface area contributed by atoms with E-state index in [1.807, 2.05) is 6.07 Å². The molecule has 0 amide bonds. The summed E-state index contributed by atoms with van der Waals surface area (Å²) in [6.45, 7) is 8.01. The van der Waals surface area contributed by atoms with Gasteiger partial charge < -0.3 is 4.90 Å². The molecule has 1 aromatic carbocycles. The zero-order valence-corrected chi connectivity index (χ0v) is 16.5. The Hall–Kier alpha value is -0.640. The smallest absolute Gasteiger partial charge is 0.123 e. The van der Waals surface area contributed by atoms with E-state index in [0.29, 0.717) is 6.04 Å². The fourth-order valence-corrected chi connectivity index (χ4v) is 4.30. The zero-order valence-electron chi connectivity index (χ0n) is 15.7. The number of hydrogen-bond donors (Lipinski definition) is 0. The quantitative estimate of drug-likeness (QED) is 0.581. The van der Waals surface area contributed by atoms with Crippen LogP contribution in [0.3, 0.4) is 0 Å². The third-order valence-corrected chi connectivity index (χ3v) is 5.79. The highest BCUT2D eigenvalue weighted by molar-refractivity contribution is 5.85. The van der Waals surface area contributed by atoms with E-state index in [0.717, 1.165) is 26.1 Å². The van der Waals surface area contributed by atoms with Gasteiger partial charge in [0.25, 0.3) is 0 Å². The summed E-state index contributed by atoms with van der Waals surface area (Å²) in [5.74, 6) is -0.0835. The monoisotopic (exact) mass is 368 g/mol. The van der Waals surface area contributed by atoms with E-state index >= 15 is 0 Å². The maximum absolute atomic E-state index is 13.7. The van der Waals surface area contributed by atoms with Crippen molar-refractivity contribution in [1.82, 2.24) is 9.80 Å². The van der Waals surface area contributed by atoms with E-state index in [4.69, 9.17) is 0 Å². The van der Waals surface area contributed by atoms with Crippen LogP contribution in [0.4, 0.5) is 4.39 Å². The molecule has 1 atom stereocenters. The van der Waals surface area contributed by atoms with E-state index in [1.54, 1.807) is 12.1 Å². The van der Waals surface area contributed by atoms with Crippen LogP contribution >= 0.6 is 12.4 Å². The van der Waals surface area contributed by atoms with Gasteiger partial charge in [-0.25, -0.2) is 4.39 Å². The van der Waals surface area contributed by atoms with Crippen LogP contribution < -0.4 is 0 Å². The molecule has 3 rings (SSSR count). The van der Waals surface area contributed by atoms with Crippen molar-refractivity contribution < 1.29 is 4.39 Å². The molecule has 0 aliphatic carbocycles. The van der Waals surface area contributed by atoms with Gasteiger partial charge in [-0.05, 0) is 42.6 Å². The zero-order chi connectivity index (χ0) is 16.8. The van der Waals surface area contributed by atoms with Gasteiger partial charge in [0, 0.05) is 32.2 Å². The number of halogens is 2. The van der Waals surface area contributed by atoms with Crippen molar-refractivity contribution in [2.45, 2.75) is 64.3 Å². The molecule has 2 aliphatic rings. The Morgan fingerprint density at radius 3 is 2.56 bits per heavy atom. The van der Waals surface area contributed by atoms with Crippen LogP contribution in [-0.2, 0) is 6.42 Å². The molecule has 142 valence electrons. The molecule has 1 unspecified atom stereocenters. The summed E-state index contributed by atoms with van der Waals surface area (Å²) < 4.78 is 13.7. The van der Waals surface area contributed by atoms with Gasteiger partial charge in [0.2, 0.25) is 0 Å². The van der Waals surface area contributed by atoms with Crippen LogP contribution in [0.2, 0.25) is 0 Å². The summed E-state index contributed by atoms with van der Waals surface area (Å²) in [6.07, 6.45) is 10.7. The van der Waals surface area contributed by atoms with Crippen LogP contribution in [-0.4, -0.2) is 42.5 Å². The summed E-state index contributed by atoms with van der Waals surface area (Å²) in [4.78, 5) is 5.16. The van der Waals surface area contributed by atoms with Crippen LogP contribution in [0.25, 0.3) is 0 Å². The second kappa shape index (κ2) is 10.5. The van der Waals surface area contributed by atoms with E-state index in [2.05, 4.69) is 16.7 Å². The lowest BCUT2D eigenvalue weighted by atomic mass is 9.90. The molecule has 25 heavy (non-hydrogen) atoms. The predicted molar refractivity (Wildman–Crippen MR) is 106 cm³/mol. The minimum absolute atomic E-state index is 0. The van der Waals surface area contributed by atoms with Gasteiger partial charge in [0.1, 0.15) is 5.82 Å². The van der Waals surface area contributed by atoms with Gasteiger partial charge in [-0.3, -0.25) is 4.90 Å². The van der Waals surface area contributed by atoms with Crippen LogP contribution in [0.15, 0.2) is 18.2 Å². The lowest BCUT2D eigenvalue weighted by molar-refractivity contribution is 0.0661. The first-order valence-corrected chi connectivity index (χ1v) is 10.0. The van der Waals surface area contributed by atoms with Crippen molar-refractivity contribution in [3.05, 3.63) is 35.1 Å². The molecular weight excluding hydrogens is 335 g/mol. The first-order chi connectivity index (χ1) is 11.8. The van der Waals surface area contributed by atoms with Gasteiger partial charge in [-0.1, -0.05) is 51.5 Å². The lowest BCUT2D eigenvalue weighted by Gasteiger charge is -2.45. The first kappa shape index (κ1) is 20.7. The number of piperazine rings is 1. The summed E-state index contributed by atoms with van der Waals surface area (Å²) in [6, 6.07) is 5.80.